The van der Waals surface area contributed by atoms with Crippen molar-refractivity contribution >= 4 is 13.3 Å². The molecule has 0 fully saturated rings. The third-order valence-electron chi connectivity index (χ3n) is 3.11. The minimum Gasteiger partial charge on any atom is -0.490 e. The van der Waals surface area contributed by atoms with Crippen molar-refractivity contribution in [1.29, 1.82) is 0 Å². The van der Waals surface area contributed by atoms with Crippen LogP contribution in [0.4, 0.5) is 0 Å². The van der Waals surface area contributed by atoms with Crippen LogP contribution in [0.1, 0.15) is 31.9 Å². The highest BCUT2D eigenvalue weighted by Gasteiger charge is 2.14. The molecule has 0 spiro atoms. The van der Waals surface area contributed by atoms with Crippen LogP contribution in [0.25, 0.3) is 0 Å². The zero-order valence-corrected chi connectivity index (χ0v) is 11.8. The first kappa shape index (κ1) is 13.7. The monoisotopic (exact) mass is 250 g/mol. The van der Waals surface area contributed by atoms with E-state index in [-0.39, 0.29) is 5.41 Å². The lowest BCUT2D eigenvalue weighted by Crippen LogP contribution is -2.17. The van der Waals surface area contributed by atoms with Gasteiger partial charge in [-0.3, -0.25) is 0 Å². The minimum atomic E-state index is 0.103. The molecule has 2 aromatic rings. The van der Waals surface area contributed by atoms with Crippen LogP contribution >= 0.6 is 0 Å². The van der Waals surface area contributed by atoms with Crippen molar-refractivity contribution in [2.45, 2.75) is 32.8 Å². The summed E-state index contributed by atoms with van der Waals surface area (Å²) in [6, 6.07) is 16.1. The normalized spacial score (nSPS) is 11.3. The van der Waals surface area contributed by atoms with E-state index in [1.165, 1.54) is 5.56 Å². The molecule has 96 valence electrons. The molecular formula is C17H19BO. The van der Waals surface area contributed by atoms with Crippen molar-refractivity contribution in [2.24, 2.45) is 0 Å². The molecule has 2 aromatic carbocycles. The van der Waals surface area contributed by atoms with Crippen LogP contribution < -0.4 is 10.2 Å². The van der Waals surface area contributed by atoms with Crippen molar-refractivity contribution in [3.8, 4) is 5.75 Å². The summed E-state index contributed by atoms with van der Waals surface area (Å²) in [5, 5.41) is 0. The Kier molecular flexibility index (Phi) is 3.99. The summed E-state index contributed by atoms with van der Waals surface area (Å²) in [5.41, 5.74) is 3.16. The molecule has 0 aliphatic heterocycles. The molecule has 0 amide bonds. The summed E-state index contributed by atoms with van der Waals surface area (Å²) in [4.78, 5) is 0. The average Bonchev–Trinajstić information content (AvgIpc) is 2.37. The van der Waals surface area contributed by atoms with E-state index in [0.717, 1.165) is 11.3 Å². The fourth-order valence-electron chi connectivity index (χ4n) is 1.88. The van der Waals surface area contributed by atoms with Crippen LogP contribution in [-0.4, -0.2) is 7.85 Å². The molecule has 0 aliphatic carbocycles. The molecule has 1 nitrogen and oxygen atoms in total. The van der Waals surface area contributed by atoms with E-state index in [1.54, 1.807) is 0 Å². The lowest BCUT2D eigenvalue weighted by molar-refractivity contribution is 0.308. The molecule has 0 saturated heterocycles. The van der Waals surface area contributed by atoms with Gasteiger partial charge >= 0.3 is 0 Å². The summed E-state index contributed by atoms with van der Waals surface area (Å²) < 4.78 is 5.77. The van der Waals surface area contributed by atoms with Crippen LogP contribution in [0.15, 0.2) is 48.5 Å². The van der Waals surface area contributed by atoms with Gasteiger partial charge in [-0.25, -0.2) is 0 Å². The minimum absolute atomic E-state index is 0.103. The number of ether oxygens (including phenoxy) is 1. The highest BCUT2D eigenvalue weighted by molar-refractivity contribution is 6.34. The summed E-state index contributed by atoms with van der Waals surface area (Å²) in [6.45, 7) is 7.06. The van der Waals surface area contributed by atoms with Crippen molar-refractivity contribution < 1.29 is 4.74 Å². The molecule has 0 unspecified atom stereocenters. The Morgan fingerprint density at radius 2 is 1.68 bits per heavy atom. The standard InChI is InChI=1S/C17H19BO/c1-17(2,3)14-9-10-16(15(18)11-14)19-12-13-7-5-4-6-8-13/h4-11H,12H2,1-3H3. The van der Waals surface area contributed by atoms with E-state index in [4.69, 9.17) is 12.6 Å². The molecule has 2 radical (unpaired) electrons. The first-order chi connectivity index (χ1) is 8.97. The lowest BCUT2D eigenvalue weighted by Gasteiger charge is -2.21. The van der Waals surface area contributed by atoms with Crippen molar-refractivity contribution in [2.75, 3.05) is 0 Å². The zero-order valence-electron chi connectivity index (χ0n) is 11.8. The molecule has 2 rings (SSSR count). The second-order valence-corrected chi connectivity index (χ2v) is 5.78. The van der Waals surface area contributed by atoms with Gasteiger partial charge in [0.2, 0.25) is 0 Å². The van der Waals surface area contributed by atoms with Gasteiger partial charge in [-0.2, -0.15) is 0 Å². The van der Waals surface area contributed by atoms with Gasteiger partial charge in [0.05, 0.1) is 0 Å². The van der Waals surface area contributed by atoms with Crippen molar-refractivity contribution in [3.63, 3.8) is 0 Å². The van der Waals surface area contributed by atoms with Gasteiger partial charge in [-0.05, 0) is 22.6 Å². The van der Waals surface area contributed by atoms with E-state index < -0.39 is 0 Å². The smallest absolute Gasteiger partial charge is 0.119 e. The molecule has 0 atom stereocenters. The van der Waals surface area contributed by atoms with Gasteiger partial charge in [0.25, 0.3) is 0 Å². The quantitative estimate of drug-likeness (QED) is 0.759. The highest BCUT2D eigenvalue weighted by atomic mass is 16.5. The molecular weight excluding hydrogens is 231 g/mol. The van der Waals surface area contributed by atoms with Gasteiger partial charge in [0.1, 0.15) is 20.2 Å². The van der Waals surface area contributed by atoms with Gasteiger partial charge in [0.15, 0.2) is 0 Å². The van der Waals surface area contributed by atoms with Crippen LogP contribution in [0.2, 0.25) is 0 Å². The Bertz CT molecular complexity index is 541. The van der Waals surface area contributed by atoms with Crippen molar-refractivity contribution in [3.05, 3.63) is 59.7 Å². The Morgan fingerprint density at radius 3 is 2.26 bits per heavy atom. The molecule has 0 aliphatic rings. The number of hydrogen-bond acceptors (Lipinski definition) is 1. The van der Waals surface area contributed by atoms with Crippen LogP contribution in [0, 0.1) is 0 Å². The van der Waals surface area contributed by atoms with Gasteiger partial charge in [-0.15, -0.1) is 0 Å². The molecule has 0 N–H and O–H groups in total. The first-order valence-electron chi connectivity index (χ1n) is 6.53. The van der Waals surface area contributed by atoms with Crippen LogP contribution in [0.5, 0.6) is 5.75 Å². The summed E-state index contributed by atoms with van der Waals surface area (Å²) in [7, 11) is 6.06. The maximum Gasteiger partial charge on any atom is 0.119 e. The third-order valence-corrected chi connectivity index (χ3v) is 3.11. The number of hydrogen-bond donors (Lipinski definition) is 0. The molecule has 0 saturated carbocycles. The van der Waals surface area contributed by atoms with Crippen LogP contribution in [0.3, 0.4) is 0 Å². The maximum atomic E-state index is 6.06. The fourth-order valence-corrected chi connectivity index (χ4v) is 1.88. The summed E-state index contributed by atoms with van der Waals surface area (Å²) in [5.74, 6) is 0.747. The molecule has 0 bridgehead atoms. The molecule has 0 aromatic heterocycles. The van der Waals surface area contributed by atoms with Gasteiger partial charge < -0.3 is 4.74 Å². The van der Waals surface area contributed by atoms with Gasteiger partial charge in [-0.1, -0.05) is 68.7 Å². The third kappa shape index (κ3) is 3.63. The lowest BCUT2D eigenvalue weighted by atomic mass is 9.82. The first-order valence-corrected chi connectivity index (χ1v) is 6.53. The second-order valence-electron chi connectivity index (χ2n) is 5.78. The molecule has 19 heavy (non-hydrogen) atoms. The Balaban J connectivity index is 2.10. The summed E-state index contributed by atoms with van der Waals surface area (Å²) in [6.07, 6.45) is 0. The fraction of sp³-hybridized carbons (Fsp3) is 0.294. The van der Waals surface area contributed by atoms with E-state index in [1.807, 2.05) is 42.5 Å². The Morgan fingerprint density at radius 1 is 1.00 bits per heavy atom. The number of benzene rings is 2. The predicted molar refractivity (Wildman–Crippen MR) is 81.3 cm³/mol. The Labute approximate surface area is 117 Å². The zero-order chi connectivity index (χ0) is 13.9. The average molecular weight is 250 g/mol. The molecule has 0 heterocycles. The second kappa shape index (κ2) is 5.52. The highest BCUT2D eigenvalue weighted by Crippen LogP contribution is 2.23. The van der Waals surface area contributed by atoms with E-state index in [2.05, 4.69) is 26.8 Å². The molecule has 2 heteroatoms. The topological polar surface area (TPSA) is 9.23 Å². The van der Waals surface area contributed by atoms with Crippen LogP contribution in [-0.2, 0) is 12.0 Å². The largest absolute Gasteiger partial charge is 0.490 e. The van der Waals surface area contributed by atoms with E-state index in [9.17, 15) is 0 Å². The predicted octanol–water partition coefficient (Wildman–Crippen LogP) is 3.36. The maximum absolute atomic E-state index is 6.06. The Hall–Kier alpha value is -1.70. The van der Waals surface area contributed by atoms with E-state index in [0.29, 0.717) is 12.1 Å². The summed E-state index contributed by atoms with van der Waals surface area (Å²) >= 11 is 0. The van der Waals surface area contributed by atoms with Gasteiger partial charge in [0, 0.05) is 0 Å². The van der Waals surface area contributed by atoms with Crippen molar-refractivity contribution in [1.82, 2.24) is 0 Å². The number of rotatable bonds is 3. The SMILES string of the molecule is [B]c1cc(C(C)(C)C)ccc1OCc1ccccc1. The van der Waals surface area contributed by atoms with E-state index >= 15 is 0 Å².